The third-order valence-electron chi connectivity index (χ3n) is 2.33. The zero-order valence-corrected chi connectivity index (χ0v) is 8.33. The minimum Gasteiger partial charge on any atom is -0.395 e. The predicted molar refractivity (Wildman–Crippen MR) is 49.7 cm³/mol. The van der Waals surface area contributed by atoms with E-state index in [4.69, 9.17) is 10.2 Å². The van der Waals surface area contributed by atoms with Crippen LogP contribution < -0.4 is 5.14 Å². The lowest BCUT2D eigenvalue weighted by Crippen LogP contribution is -2.41. The minimum absolute atomic E-state index is 0.356. The largest absolute Gasteiger partial charge is 0.395 e. The van der Waals surface area contributed by atoms with E-state index in [1.807, 2.05) is 4.90 Å². The zero-order valence-electron chi connectivity index (χ0n) is 7.52. The number of nitrogens with zero attached hydrogens (tertiary/aromatic N) is 1. The first-order chi connectivity index (χ1) is 6.04. The molecule has 1 fully saturated rings. The topological polar surface area (TPSA) is 83.6 Å². The summed E-state index contributed by atoms with van der Waals surface area (Å²) in [5.74, 6) is 0. The number of primary sulfonamides is 1. The molecular weight excluding hydrogens is 192 g/mol. The number of hydrogen-bond donors (Lipinski definition) is 2. The van der Waals surface area contributed by atoms with Crippen molar-refractivity contribution in [3.8, 4) is 0 Å². The first-order valence-electron chi connectivity index (χ1n) is 4.39. The lowest BCUT2D eigenvalue weighted by molar-refractivity contribution is 0.249. The second kappa shape index (κ2) is 4.36. The predicted octanol–water partition coefficient (Wildman–Crippen LogP) is -1.27. The molecule has 0 aromatic carbocycles. The summed E-state index contributed by atoms with van der Waals surface area (Å²) in [6.07, 6.45) is 2.20. The fourth-order valence-corrected chi connectivity index (χ4v) is 2.15. The van der Waals surface area contributed by atoms with Crippen LogP contribution in [-0.4, -0.2) is 49.9 Å². The first kappa shape index (κ1) is 10.9. The molecule has 6 heteroatoms. The SMILES string of the molecule is NS(=O)(=O)C(CO)CN1CCCC1. The van der Waals surface area contributed by atoms with Crippen molar-refractivity contribution >= 4 is 10.0 Å². The van der Waals surface area contributed by atoms with Crippen molar-refractivity contribution in [3.05, 3.63) is 0 Å². The van der Waals surface area contributed by atoms with Crippen LogP contribution in [0.2, 0.25) is 0 Å². The van der Waals surface area contributed by atoms with Gasteiger partial charge in [-0.25, -0.2) is 13.6 Å². The smallest absolute Gasteiger partial charge is 0.215 e. The third kappa shape index (κ3) is 3.22. The average Bonchev–Trinajstić information content (AvgIpc) is 2.49. The molecule has 1 rings (SSSR count). The van der Waals surface area contributed by atoms with Gasteiger partial charge in [-0.15, -0.1) is 0 Å². The fraction of sp³-hybridized carbons (Fsp3) is 1.00. The lowest BCUT2D eigenvalue weighted by atomic mass is 10.4. The summed E-state index contributed by atoms with van der Waals surface area (Å²) in [6, 6.07) is 0. The molecule has 1 aliphatic rings. The number of likely N-dealkylation sites (tertiary alicyclic amines) is 1. The number of sulfonamides is 1. The van der Waals surface area contributed by atoms with Crippen molar-refractivity contribution in [1.82, 2.24) is 4.90 Å². The summed E-state index contributed by atoms with van der Waals surface area (Å²) in [7, 11) is -3.59. The van der Waals surface area contributed by atoms with Crippen molar-refractivity contribution in [2.45, 2.75) is 18.1 Å². The molecule has 0 amide bonds. The van der Waals surface area contributed by atoms with E-state index in [1.165, 1.54) is 0 Å². The van der Waals surface area contributed by atoms with Gasteiger partial charge in [0, 0.05) is 6.54 Å². The van der Waals surface area contributed by atoms with Crippen molar-refractivity contribution in [3.63, 3.8) is 0 Å². The summed E-state index contributed by atoms with van der Waals surface area (Å²) in [4.78, 5) is 2.02. The van der Waals surface area contributed by atoms with Crippen LogP contribution in [0.4, 0.5) is 0 Å². The maximum absolute atomic E-state index is 10.9. The number of hydrogen-bond acceptors (Lipinski definition) is 4. The molecule has 0 aliphatic carbocycles. The molecule has 0 aromatic heterocycles. The number of aliphatic hydroxyl groups is 1. The van der Waals surface area contributed by atoms with E-state index >= 15 is 0 Å². The summed E-state index contributed by atoms with van der Waals surface area (Å²) in [6.45, 7) is 1.78. The molecule has 5 nitrogen and oxygen atoms in total. The van der Waals surface area contributed by atoms with Gasteiger partial charge in [-0.2, -0.15) is 0 Å². The molecule has 1 saturated heterocycles. The van der Waals surface area contributed by atoms with Crippen molar-refractivity contribution in [1.29, 1.82) is 0 Å². The Balaban J connectivity index is 2.48. The van der Waals surface area contributed by atoms with E-state index < -0.39 is 21.9 Å². The van der Waals surface area contributed by atoms with Crippen LogP contribution in [0, 0.1) is 0 Å². The van der Waals surface area contributed by atoms with E-state index in [2.05, 4.69) is 0 Å². The van der Waals surface area contributed by atoms with Crippen LogP contribution >= 0.6 is 0 Å². The quantitative estimate of drug-likeness (QED) is 0.603. The molecule has 1 aliphatic heterocycles. The Morgan fingerprint density at radius 3 is 2.31 bits per heavy atom. The molecule has 1 atom stereocenters. The zero-order chi connectivity index (χ0) is 9.90. The van der Waals surface area contributed by atoms with Crippen LogP contribution in [0.15, 0.2) is 0 Å². The number of aliphatic hydroxyl groups excluding tert-OH is 1. The van der Waals surface area contributed by atoms with E-state index in [-0.39, 0.29) is 0 Å². The highest BCUT2D eigenvalue weighted by molar-refractivity contribution is 7.89. The van der Waals surface area contributed by atoms with E-state index in [0.29, 0.717) is 6.54 Å². The van der Waals surface area contributed by atoms with Gasteiger partial charge in [0.1, 0.15) is 5.25 Å². The monoisotopic (exact) mass is 208 g/mol. The van der Waals surface area contributed by atoms with Gasteiger partial charge in [0.15, 0.2) is 0 Å². The van der Waals surface area contributed by atoms with Gasteiger partial charge in [-0.1, -0.05) is 0 Å². The summed E-state index contributed by atoms with van der Waals surface area (Å²) >= 11 is 0. The molecule has 3 N–H and O–H groups in total. The molecule has 0 aromatic rings. The highest BCUT2D eigenvalue weighted by Gasteiger charge is 2.24. The first-order valence-corrected chi connectivity index (χ1v) is 6.00. The lowest BCUT2D eigenvalue weighted by Gasteiger charge is -2.19. The van der Waals surface area contributed by atoms with Crippen LogP contribution in [0.3, 0.4) is 0 Å². The second-order valence-corrected chi connectivity index (χ2v) is 5.25. The van der Waals surface area contributed by atoms with Crippen LogP contribution in [0.5, 0.6) is 0 Å². The normalized spacial score (nSPS) is 22.0. The Morgan fingerprint density at radius 1 is 1.38 bits per heavy atom. The number of nitrogens with two attached hydrogens (primary N) is 1. The van der Waals surface area contributed by atoms with Gasteiger partial charge < -0.3 is 10.0 Å². The second-order valence-electron chi connectivity index (χ2n) is 3.40. The summed E-state index contributed by atoms with van der Waals surface area (Å²) < 4.78 is 21.9. The van der Waals surface area contributed by atoms with E-state index in [0.717, 1.165) is 25.9 Å². The standard InChI is InChI=1S/C7H16N2O3S/c8-13(11,12)7(6-10)5-9-3-1-2-4-9/h7,10H,1-6H2,(H2,8,11,12). The molecule has 0 radical (unpaired) electrons. The minimum atomic E-state index is -3.59. The fourth-order valence-electron chi connectivity index (χ4n) is 1.52. The summed E-state index contributed by atoms with van der Waals surface area (Å²) in [5.41, 5.74) is 0. The van der Waals surface area contributed by atoms with Crippen LogP contribution in [-0.2, 0) is 10.0 Å². The Kier molecular flexibility index (Phi) is 3.66. The third-order valence-corrected chi connectivity index (χ3v) is 3.56. The van der Waals surface area contributed by atoms with Gasteiger partial charge in [0.05, 0.1) is 6.61 Å². The molecule has 0 bridgehead atoms. The van der Waals surface area contributed by atoms with Gasteiger partial charge in [-0.3, -0.25) is 0 Å². The Morgan fingerprint density at radius 2 is 1.92 bits per heavy atom. The van der Waals surface area contributed by atoms with Gasteiger partial charge in [-0.05, 0) is 25.9 Å². The Hall–Kier alpha value is -0.170. The van der Waals surface area contributed by atoms with Gasteiger partial charge in [0.2, 0.25) is 10.0 Å². The highest BCUT2D eigenvalue weighted by Crippen LogP contribution is 2.09. The van der Waals surface area contributed by atoms with Crippen molar-refractivity contribution in [2.24, 2.45) is 5.14 Å². The summed E-state index contributed by atoms with van der Waals surface area (Å²) in [5, 5.41) is 13.0. The molecule has 13 heavy (non-hydrogen) atoms. The maximum Gasteiger partial charge on any atom is 0.215 e. The Labute approximate surface area is 78.6 Å². The van der Waals surface area contributed by atoms with E-state index in [1.54, 1.807) is 0 Å². The molecule has 0 spiro atoms. The van der Waals surface area contributed by atoms with Crippen molar-refractivity contribution in [2.75, 3.05) is 26.2 Å². The maximum atomic E-state index is 10.9. The molecular formula is C7H16N2O3S. The molecule has 1 unspecified atom stereocenters. The van der Waals surface area contributed by atoms with Gasteiger partial charge >= 0.3 is 0 Å². The molecule has 1 heterocycles. The van der Waals surface area contributed by atoms with Crippen molar-refractivity contribution < 1.29 is 13.5 Å². The number of rotatable bonds is 4. The van der Waals surface area contributed by atoms with Crippen LogP contribution in [0.1, 0.15) is 12.8 Å². The average molecular weight is 208 g/mol. The van der Waals surface area contributed by atoms with Crippen LogP contribution in [0.25, 0.3) is 0 Å². The van der Waals surface area contributed by atoms with Gasteiger partial charge in [0.25, 0.3) is 0 Å². The Bertz CT molecular complexity index is 246. The molecule has 0 saturated carbocycles. The molecule has 78 valence electrons. The van der Waals surface area contributed by atoms with E-state index in [9.17, 15) is 8.42 Å². The highest BCUT2D eigenvalue weighted by atomic mass is 32.2.